The second kappa shape index (κ2) is 5.61. The van der Waals surface area contributed by atoms with Crippen molar-refractivity contribution in [2.24, 2.45) is 0 Å². The van der Waals surface area contributed by atoms with E-state index in [1.165, 1.54) is 0 Å². The maximum Gasteiger partial charge on any atom is 0.240 e. The summed E-state index contributed by atoms with van der Waals surface area (Å²) >= 11 is 7.02. The molecule has 0 fully saturated rings. The first-order chi connectivity index (χ1) is 9.69. The first-order valence-electron chi connectivity index (χ1n) is 6.22. The molecule has 1 atom stereocenters. The van der Waals surface area contributed by atoms with Crippen molar-refractivity contribution in [2.45, 2.75) is 18.2 Å². The quantitative estimate of drug-likeness (QED) is 0.591. The molecule has 0 amide bonds. The monoisotopic (exact) mass is 395 g/mol. The average molecular weight is 397 g/mol. The number of benzene rings is 1. The summed E-state index contributed by atoms with van der Waals surface area (Å²) < 4.78 is 6.12. The van der Waals surface area contributed by atoms with E-state index in [1.54, 1.807) is 0 Å². The van der Waals surface area contributed by atoms with Crippen LogP contribution < -0.4 is 0 Å². The van der Waals surface area contributed by atoms with Gasteiger partial charge in [0.05, 0.1) is 10.3 Å². The van der Waals surface area contributed by atoms with Crippen LogP contribution >= 0.6 is 31.9 Å². The Morgan fingerprint density at radius 1 is 1.25 bits per heavy atom. The molecule has 0 aliphatic heterocycles. The third kappa shape index (κ3) is 2.50. The van der Waals surface area contributed by atoms with E-state index in [2.05, 4.69) is 47.0 Å². The average Bonchev–Trinajstić information content (AvgIpc) is 2.95. The molecule has 1 unspecified atom stereocenters. The van der Waals surface area contributed by atoms with Crippen LogP contribution in [-0.4, -0.2) is 15.1 Å². The Balaban J connectivity index is 2.09. The molecular formula is C14H11Br2N3O. The zero-order chi connectivity index (χ0) is 14.1. The number of pyridine rings is 1. The summed E-state index contributed by atoms with van der Waals surface area (Å²) in [4.78, 5) is 9.07. The molecule has 0 radical (unpaired) electrons. The third-order valence-corrected chi connectivity index (χ3v) is 4.60. The molecule has 0 saturated carbocycles. The Morgan fingerprint density at radius 2 is 2.05 bits per heavy atom. The van der Waals surface area contributed by atoms with E-state index in [0.29, 0.717) is 17.4 Å². The Labute approximate surface area is 132 Å². The van der Waals surface area contributed by atoms with E-state index in [1.807, 2.05) is 37.3 Å². The fraction of sp³-hybridized carbons (Fsp3) is 0.214. The predicted molar refractivity (Wildman–Crippen MR) is 84.7 cm³/mol. The van der Waals surface area contributed by atoms with Gasteiger partial charge in [-0.3, -0.25) is 0 Å². The Bertz CT molecular complexity index is 757. The van der Waals surface area contributed by atoms with Crippen LogP contribution in [0.3, 0.4) is 0 Å². The molecule has 0 aliphatic carbocycles. The number of rotatable bonds is 3. The topological polar surface area (TPSA) is 51.8 Å². The van der Waals surface area contributed by atoms with E-state index in [0.717, 1.165) is 21.8 Å². The lowest BCUT2D eigenvalue weighted by atomic mass is 10.2. The molecular weight excluding hydrogens is 386 g/mol. The van der Waals surface area contributed by atoms with Gasteiger partial charge in [0.2, 0.25) is 11.7 Å². The highest BCUT2D eigenvalue weighted by molar-refractivity contribution is 9.10. The number of halogens is 2. The standard InChI is InChI=1S/C14H11Br2N3O/c1-2-9(15)14-18-13(19-20-14)12-10(16)7-8-5-3-4-6-11(8)17-12/h3-7,9H,2H2,1H3. The van der Waals surface area contributed by atoms with Crippen molar-refractivity contribution in [3.05, 3.63) is 40.7 Å². The maximum atomic E-state index is 5.27. The molecule has 0 saturated heterocycles. The van der Waals surface area contributed by atoms with Gasteiger partial charge in [0.1, 0.15) is 5.69 Å². The van der Waals surface area contributed by atoms with Crippen LogP contribution in [0.4, 0.5) is 0 Å². The summed E-state index contributed by atoms with van der Waals surface area (Å²) in [6, 6.07) is 9.94. The van der Waals surface area contributed by atoms with Crippen molar-refractivity contribution in [3.63, 3.8) is 0 Å². The number of hydrogen-bond acceptors (Lipinski definition) is 4. The first-order valence-corrected chi connectivity index (χ1v) is 7.93. The number of hydrogen-bond donors (Lipinski definition) is 0. The Morgan fingerprint density at radius 3 is 2.85 bits per heavy atom. The number of fused-ring (bicyclic) bond motifs is 1. The van der Waals surface area contributed by atoms with Gasteiger partial charge in [0.15, 0.2) is 0 Å². The molecule has 2 heterocycles. The van der Waals surface area contributed by atoms with Crippen LogP contribution in [0.5, 0.6) is 0 Å². The van der Waals surface area contributed by atoms with Crippen molar-refractivity contribution < 1.29 is 4.52 Å². The molecule has 0 bridgehead atoms. The molecule has 3 aromatic rings. The molecule has 6 heteroatoms. The summed E-state index contributed by atoms with van der Waals surface area (Å²) in [7, 11) is 0. The van der Waals surface area contributed by atoms with E-state index in [4.69, 9.17) is 4.52 Å². The molecule has 1 aromatic carbocycles. The van der Waals surface area contributed by atoms with Gasteiger partial charge in [-0.25, -0.2) is 4.98 Å². The van der Waals surface area contributed by atoms with Gasteiger partial charge in [0.25, 0.3) is 0 Å². The number of alkyl halides is 1. The molecule has 0 aliphatic rings. The first kappa shape index (κ1) is 13.7. The summed E-state index contributed by atoms with van der Waals surface area (Å²) in [6.07, 6.45) is 0.883. The normalized spacial score (nSPS) is 12.8. The predicted octanol–water partition coefficient (Wildman–Crippen LogP) is 4.89. The van der Waals surface area contributed by atoms with Gasteiger partial charge in [-0.2, -0.15) is 4.98 Å². The molecule has 3 rings (SSSR count). The lowest BCUT2D eigenvalue weighted by molar-refractivity contribution is 0.376. The van der Waals surface area contributed by atoms with Gasteiger partial charge >= 0.3 is 0 Å². The van der Waals surface area contributed by atoms with Crippen molar-refractivity contribution in [1.82, 2.24) is 15.1 Å². The molecule has 0 N–H and O–H groups in total. The van der Waals surface area contributed by atoms with Gasteiger partial charge in [0, 0.05) is 9.86 Å². The lowest BCUT2D eigenvalue weighted by Crippen LogP contribution is -1.91. The third-order valence-electron chi connectivity index (χ3n) is 2.96. The highest BCUT2D eigenvalue weighted by Crippen LogP contribution is 2.30. The molecule has 102 valence electrons. The minimum Gasteiger partial charge on any atom is -0.338 e. The van der Waals surface area contributed by atoms with Gasteiger partial charge in [-0.1, -0.05) is 46.2 Å². The van der Waals surface area contributed by atoms with Crippen molar-refractivity contribution in [3.8, 4) is 11.5 Å². The van der Waals surface area contributed by atoms with Gasteiger partial charge in [-0.05, 0) is 34.5 Å². The summed E-state index contributed by atoms with van der Waals surface area (Å²) in [5.41, 5.74) is 1.59. The molecule has 2 aromatic heterocycles. The highest BCUT2D eigenvalue weighted by Gasteiger charge is 2.18. The number of aromatic nitrogens is 3. The second-order valence-corrected chi connectivity index (χ2v) is 6.30. The lowest BCUT2D eigenvalue weighted by Gasteiger charge is -2.02. The zero-order valence-electron chi connectivity index (χ0n) is 10.7. The molecule has 20 heavy (non-hydrogen) atoms. The maximum absolute atomic E-state index is 5.27. The van der Waals surface area contributed by atoms with Crippen LogP contribution in [0.2, 0.25) is 0 Å². The number of para-hydroxylation sites is 1. The van der Waals surface area contributed by atoms with Crippen LogP contribution in [0, 0.1) is 0 Å². The smallest absolute Gasteiger partial charge is 0.240 e. The Kier molecular flexibility index (Phi) is 3.85. The van der Waals surface area contributed by atoms with Crippen LogP contribution in [0.1, 0.15) is 24.1 Å². The molecule has 0 spiro atoms. The van der Waals surface area contributed by atoms with E-state index >= 15 is 0 Å². The van der Waals surface area contributed by atoms with Crippen molar-refractivity contribution in [2.75, 3.05) is 0 Å². The van der Waals surface area contributed by atoms with Gasteiger partial charge < -0.3 is 4.52 Å². The van der Waals surface area contributed by atoms with E-state index in [9.17, 15) is 0 Å². The van der Waals surface area contributed by atoms with Crippen LogP contribution in [0.25, 0.3) is 22.4 Å². The second-order valence-electron chi connectivity index (χ2n) is 4.34. The summed E-state index contributed by atoms with van der Waals surface area (Å²) in [6.45, 7) is 2.05. The van der Waals surface area contributed by atoms with Crippen molar-refractivity contribution >= 4 is 42.8 Å². The summed E-state index contributed by atoms with van der Waals surface area (Å²) in [5.74, 6) is 1.07. The van der Waals surface area contributed by atoms with E-state index < -0.39 is 0 Å². The largest absolute Gasteiger partial charge is 0.338 e. The highest BCUT2D eigenvalue weighted by atomic mass is 79.9. The minimum absolute atomic E-state index is 0.0722. The zero-order valence-corrected chi connectivity index (χ0v) is 13.8. The van der Waals surface area contributed by atoms with Crippen LogP contribution in [0.15, 0.2) is 39.3 Å². The summed E-state index contributed by atoms with van der Waals surface area (Å²) in [5, 5.41) is 5.08. The van der Waals surface area contributed by atoms with E-state index in [-0.39, 0.29) is 4.83 Å². The Hall–Kier alpha value is -1.27. The van der Waals surface area contributed by atoms with Crippen LogP contribution in [-0.2, 0) is 0 Å². The van der Waals surface area contributed by atoms with Gasteiger partial charge in [-0.15, -0.1) is 0 Å². The molecule has 4 nitrogen and oxygen atoms in total. The minimum atomic E-state index is 0.0722. The van der Waals surface area contributed by atoms with Crippen molar-refractivity contribution in [1.29, 1.82) is 0 Å². The number of nitrogens with zero attached hydrogens (tertiary/aromatic N) is 3. The fourth-order valence-corrected chi connectivity index (χ4v) is 2.58. The fourth-order valence-electron chi connectivity index (χ4n) is 1.88. The SMILES string of the molecule is CCC(Br)c1nc(-c2nc3ccccc3cc2Br)no1.